The van der Waals surface area contributed by atoms with Gasteiger partial charge >= 0.3 is 11.9 Å². The van der Waals surface area contributed by atoms with Crippen LogP contribution in [0.5, 0.6) is 0 Å². The lowest BCUT2D eigenvalue weighted by Crippen LogP contribution is -2.15. The molecule has 2 aromatic rings. The van der Waals surface area contributed by atoms with Crippen LogP contribution < -0.4 is 5.32 Å². The number of ether oxygens (including phenoxy) is 2. The molecule has 0 atom stereocenters. The Balaban J connectivity index is 2.40. The fraction of sp³-hybridized carbons (Fsp3) is 0.389. The fourth-order valence-electron chi connectivity index (χ4n) is 2.30. The second-order valence-electron chi connectivity index (χ2n) is 5.46. The zero-order valence-electron chi connectivity index (χ0n) is 15.1. The van der Waals surface area contributed by atoms with Crippen molar-refractivity contribution in [3.05, 3.63) is 39.7 Å². The molecule has 0 fully saturated rings. The molecular weight excluding hydrogens is 358 g/mol. The molecule has 2 rings (SSSR count). The van der Waals surface area contributed by atoms with Crippen molar-refractivity contribution in [2.24, 2.45) is 0 Å². The molecule has 0 aliphatic rings. The highest BCUT2D eigenvalue weighted by molar-refractivity contribution is 7.18. The monoisotopic (exact) mass is 379 g/mol. The largest absolute Gasteiger partial charge is 0.469 e. The Hall–Kier alpha value is -2.61. The van der Waals surface area contributed by atoms with E-state index < -0.39 is 17.8 Å². The Kier molecular flexibility index (Phi) is 6.57. The summed E-state index contributed by atoms with van der Waals surface area (Å²) in [5.41, 5.74) is 0.941. The number of thiophene rings is 1. The minimum Gasteiger partial charge on any atom is -0.469 e. The Morgan fingerprint density at radius 2 is 1.88 bits per heavy atom. The Bertz CT molecular complexity index is 820. The minimum absolute atomic E-state index is 0.168. The van der Waals surface area contributed by atoms with Crippen LogP contribution in [-0.2, 0) is 9.47 Å². The molecule has 1 N–H and O–H groups in total. The summed E-state index contributed by atoms with van der Waals surface area (Å²) in [6.07, 6.45) is 2.07. The van der Waals surface area contributed by atoms with Gasteiger partial charge in [-0.05, 0) is 38.8 Å². The molecule has 26 heavy (non-hydrogen) atoms. The van der Waals surface area contributed by atoms with Crippen molar-refractivity contribution < 1.29 is 28.3 Å². The van der Waals surface area contributed by atoms with E-state index in [0.29, 0.717) is 23.3 Å². The van der Waals surface area contributed by atoms with Crippen molar-refractivity contribution in [1.29, 1.82) is 0 Å². The molecule has 140 valence electrons. The number of furan rings is 1. The van der Waals surface area contributed by atoms with E-state index >= 15 is 0 Å². The van der Waals surface area contributed by atoms with Gasteiger partial charge in [0.15, 0.2) is 0 Å². The second kappa shape index (κ2) is 8.66. The van der Waals surface area contributed by atoms with Crippen LogP contribution in [0.15, 0.2) is 16.7 Å². The number of carbonyl (C=O) groups excluding carboxylic acids is 3. The third kappa shape index (κ3) is 4.13. The number of hydrogen-bond donors (Lipinski definition) is 1. The van der Waals surface area contributed by atoms with Crippen molar-refractivity contribution in [3.8, 4) is 0 Å². The van der Waals surface area contributed by atoms with Gasteiger partial charge in [0.2, 0.25) is 0 Å². The van der Waals surface area contributed by atoms with Crippen LogP contribution in [0.2, 0.25) is 0 Å². The van der Waals surface area contributed by atoms with E-state index in [4.69, 9.17) is 13.9 Å². The van der Waals surface area contributed by atoms with Crippen LogP contribution in [0.1, 0.15) is 62.0 Å². The van der Waals surface area contributed by atoms with E-state index in [0.717, 1.165) is 11.3 Å². The molecule has 0 saturated carbocycles. The van der Waals surface area contributed by atoms with Crippen LogP contribution in [0.25, 0.3) is 0 Å². The van der Waals surface area contributed by atoms with Gasteiger partial charge in [0.05, 0.1) is 30.6 Å². The van der Waals surface area contributed by atoms with Gasteiger partial charge in [0, 0.05) is 0 Å². The van der Waals surface area contributed by atoms with E-state index in [9.17, 15) is 14.4 Å². The third-order valence-electron chi connectivity index (χ3n) is 3.58. The highest BCUT2D eigenvalue weighted by atomic mass is 32.1. The summed E-state index contributed by atoms with van der Waals surface area (Å²) in [4.78, 5) is 37.3. The molecular formula is C18H21NO6S. The van der Waals surface area contributed by atoms with Crippen molar-refractivity contribution in [1.82, 2.24) is 0 Å². The Labute approximate surface area is 155 Å². The Morgan fingerprint density at radius 3 is 2.46 bits per heavy atom. The fourth-order valence-corrected chi connectivity index (χ4v) is 3.38. The third-order valence-corrected chi connectivity index (χ3v) is 4.77. The maximum Gasteiger partial charge on any atom is 0.348 e. The number of nitrogens with one attached hydrogen (secondary N) is 1. The van der Waals surface area contributed by atoms with E-state index in [2.05, 4.69) is 5.32 Å². The summed E-state index contributed by atoms with van der Waals surface area (Å²) in [6.45, 7) is 7.32. The number of aryl methyl sites for hydroxylation is 1. The molecule has 7 nitrogen and oxygen atoms in total. The molecule has 1 amide bonds. The first-order valence-electron chi connectivity index (χ1n) is 8.23. The molecule has 8 heteroatoms. The second-order valence-corrected chi connectivity index (χ2v) is 6.48. The predicted octanol–water partition coefficient (Wildman–Crippen LogP) is 3.95. The number of esters is 2. The summed E-state index contributed by atoms with van der Waals surface area (Å²) in [5.74, 6) is -1.11. The molecule has 0 aromatic carbocycles. The lowest BCUT2D eigenvalue weighted by Gasteiger charge is -2.07. The van der Waals surface area contributed by atoms with E-state index in [-0.39, 0.29) is 28.7 Å². The molecule has 0 spiro atoms. The van der Waals surface area contributed by atoms with Crippen molar-refractivity contribution in [2.45, 2.75) is 34.1 Å². The van der Waals surface area contributed by atoms with Crippen molar-refractivity contribution in [3.63, 3.8) is 0 Å². The smallest absolute Gasteiger partial charge is 0.348 e. The minimum atomic E-state index is -0.588. The number of rotatable bonds is 7. The average molecular weight is 379 g/mol. The first-order valence-corrected chi connectivity index (χ1v) is 9.05. The summed E-state index contributed by atoms with van der Waals surface area (Å²) in [7, 11) is 0. The highest BCUT2D eigenvalue weighted by Crippen LogP contribution is 2.34. The van der Waals surface area contributed by atoms with Gasteiger partial charge in [-0.1, -0.05) is 6.92 Å². The zero-order valence-corrected chi connectivity index (χ0v) is 16.0. The van der Waals surface area contributed by atoms with Gasteiger partial charge in [-0.3, -0.25) is 4.79 Å². The molecule has 2 aromatic heterocycles. The molecule has 0 radical (unpaired) electrons. The molecule has 0 unspecified atom stereocenters. The normalized spacial score (nSPS) is 10.5. The maximum absolute atomic E-state index is 12.5. The lowest BCUT2D eigenvalue weighted by atomic mass is 10.1. The predicted molar refractivity (Wildman–Crippen MR) is 97.0 cm³/mol. The summed E-state index contributed by atoms with van der Waals surface area (Å²) in [5, 5.41) is 2.93. The van der Waals surface area contributed by atoms with Gasteiger partial charge < -0.3 is 19.2 Å². The van der Waals surface area contributed by atoms with E-state index in [1.165, 1.54) is 12.3 Å². The average Bonchev–Trinajstić information content (AvgIpc) is 3.16. The van der Waals surface area contributed by atoms with Crippen molar-refractivity contribution in [2.75, 3.05) is 18.5 Å². The Morgan fingerprint density at radius 1 is 1.15 bits per heavy atom. The molecule has 0 aliphatic carbocycles. The van der Waals surface area contributed by atoms with Gasteiger partial charge in [0.1, 0.15) is 15.6 Å². The number of carbonyl (C=O) groups is 3. The van der Waals surface area contributed by atoms with E-state index in [1.54, 1.807) is 20.8 Å². The lowest BCUT2D eigenvalue weighted by molar-refractivity contribution is 0.0506. The first-order chi connectivity index (χ1) is 12.4. The molecule has 0 saturated heterocycles. The van der Waals surface area contributed by atoms with Crippen LogP contribution in [0, 0.1) is 13.8 Å². The molecule has 0 bridgehead atoms. The topological polar surface area (TPSA) is 94.8 Å². The first kappa shape index (κ1) is 19.7. The quantitative estimate of drug-likeness (QED) is 0.732. The van der Waals surface area contributed by atoms with Gasteiger partial charge in [-0.15, -0.1) is 11.3 Å². The summed E-state index contributed by atoms with van der Waals surface area (Å²) < 4.78 is 15.3. The van der Waals surface area contributed by atoms with Crippen LogP contribution in [0.3, 0.4) is 0 Å². The van der Waals surface area contributed by atoms with E-state index in [1.807, 2.05) is 6.92 Å². The highest BCUT2D eigenvalue weighted by Gasteiger charge is 2.28. The van der Waals surface area contributed by atoms with Crippen LogP contribution >= 0.6 is 11.3 Å². The number of amides is 1. The SMILES string of the molecule is CCCOC(=O)c1c(NC(=O)c2ccoc2C)sc(C(=O)OCC)c1C. The van der Waals surface area contributed by atoms with Crippen molar-refractivity contribution >= 4 is 34.2 Å². The zero-order chi connectivity index (χ0) is 19.3. The molecule has 2 heterocycles. The molecule has 0 aliphatic heterocycles. The van der Waals surface area contributed by atoms with Gasteiger partial charge in [-0.25, -0.2) is 9.59 Å². The number of anilines is 1. The van der Waals surface area contributed by atoms with Gasteiger partial charge in [-0.2, -0.15) is 0 Å². The summed E-state index contributed by atoms with van der Waals surface area (Å²) in [6, 6.07) is 1.53. The number of hydrogen-bond acceptors (Lipinski definition) is 7. The van der Waals surface area contributed by atoms with Gasteiger partial charge in [0.25, 0.3) is 5.91 Å². The van der Waals surface area contributed by atoms with Crippen LogP contribution in [0.4, 0.5) is 5.00 Å². The maximum atomic E-state index is 12.5. The summed E-state index contributed by atoms with van der Waals surface area (Å²) >= 11 is 0.989. The standard InChI is InChI=1S/C18H21NO6S/c1-5-8-25-17(21)13-10(3)14(18(22)23-6-2)26-16(13)19-15(20)12-7-9-24-11(12)4/h7,9H,5-6,8H2,1-4H3,(H,19,20). The van der Waals surface area contributed by atoms with Crippen LogP contribution in [-0.4, -0.2) is 31.1 Å².